The molecule has 2 heterocycles. The summed E-state index contributed by atoms with van der Waals surface area (Å²) < 4.78 is 2.51. The molecule has 0 aliphatic heterocycles. The summed E-state index contributed by atoms with van der Waals surface area (Å²) in [5, 5.41) is 4.00. The van der Waals surface area contributed by atoms with Gasteiger partial charge in [-0.1, -0.05) is 0 Å². The molecule has 0 bridgehead atoms. The fourth-order valence-corrected chi connectivity index (χ4v) is 1.82. The number of hydrogen-bond donors (Lipinski definition) is 1. The van der Waals surface area contributed by atoms with E-state index in [9.17, 15) is 4.79 Å². The smallest absolute Gasteiger partial charge is 0.160 e. The Balaban J connectivity index is 2.05. The van der Waals surface area contributed by atoms with Crippen LogP contribution in [0, 0.1) is 0 Å². The maximum Gasteiger partial charge on any atom is 0.160 e. The van der Waals surface area contributed by atoms with E-state index < -0.39 is 6.04 Å². The summed E-state index contributed by atoms with van der Waals surface area (Å²) in [5.41, 5.74) is 7.32. The Hall–Kier alpha value is -1.53. The summed E-state index contributed by atoms with van der Waals surface area (Å²) in [6.45, 7) is 0. The van der Waals surface area contributed by atoms with Crippen molar-refractivity contribution in [3.63, 3.8) is 0 Å². The minimum Gasteiger partial charge on any atom is -0.318 e. The van der Waals surface area contributed by atoms with Gasteiger partial charge in [-0.2, -0.15) is 5.10 Å². The van der Waals surface area contributed by atoms with E-state index >= 15 is 0 Å². The van der Waals surface area contributed by atoms with Crippen molar-refractivity contribution >= 4 is 21.7 Å². The quantitative estimate of drug-likeness (QED) is 0.926. The molecular formula is C12H13BrN4O. The molecule has 0 aliphatic rings. The zero-order chi connectivity index (χ0) is 13.1. The molecule has 5 nitrogen and oxygen atoms in total. The monoisotopic (exact) mass is 308 g/mol. The molecule has 0 saturated heterocycles. The van der Waals surface area contributed by atoms with Crippen LogP contribution in [0.3, 0.4) is 0 Å². The molecule has 0 amide bonds. The number of rotatable bonds is 4. The zero-order valence-corrected chi connectivity index (χ0v) is 11.5. The Labute approximate surface area is 113 Å². The van der Waals surface area contributed by atoms with Gasteiger partial charge in [-0.05, 0) is 28.1 Å². The molecule has 1 atom stereocenters. The third-order valence-corrected chi connectivity index (χ3v) is 3.04. The first-order valence-corrected chi connectivity index (χ1v) is 6.23. The van der Waals surface area contributed by atoms with Crippen molar-refractivity contribution in [1.82, 2.24) is 14.8 Å². The van der Waals surface area contributed by atoms with Crippen molar-refractivity contribution < 1.29 is 4.79 Å². The highest BCUT2D eigenvalue weighted by Crippen LogP contribution is 2.13. The number of nitrogens with two attached hydrogens (primary N) is 1. The number of halogens is 1. The average molecular weight is 309 g/mol. The van der Waals surface area contributed by atoms with Crippen LogP contribution in [0.5, 0.6) is 0 Å². The molecule has 0 saturated carbocycles. The molecule has 0 radical (unpaired) electrons. The van der Waals surface area contributed by atoms with Crippen molar-refractivity contribution in [2.75, 3.05) is 0 Å². The second kappa shape index (κ2) is 5.41. The van der Waals surface area contributed by atoms with Crippen LogP contribution in [0.25, 0.3) is 0 Å². The van der Waals surface area contributed by atoms with Crippen LogP contribution < -0.4 is 5.73 Å². The van der Waals surface area contributed by atoms with E-state index in [1.165, 1.54) is 0 Å². The van der Waals surface area contributed by atoms with Gasteiger partial charge in [-0.25, -0.2) is 0 Å². The van der Waals surface area contributed by atoms with Crippen LogP contribution in [0.2, 0.25) is 0 Å². The van der Waals surface area contributed by atoms with E-state index in [4.69, 9.17) is 5.73 Å². The lowest BCUT2D eigenvalue weighted by molar-refractivity contribution is -0.119. The van der Waals surface area contributed by atoms with Gasteiger partial charge in [0, 0.05) is 35.2 Å². The minimum atomic E-state index is -0.649. The van der Waals surface area contributed by atoms with Crippen LogP contribution in [-0.4, -0.2) is 20.5 Å². The number of ketones is 1. The van der Waals surface area contributed by atoms with E-state index in [1.54, 1.807) is 36.4 Å². The fraction of sp³-hybridized carbons (Fsp3) is 0.250. The molecule has 1 unspecified atom stereocenters. The van der Waals surface area contributed by atoms with E-state index in [0.29, 0.717) is 5.69 Å². The van der Waals surface area contributed by atoms with Crippen molar-refractivity contribution in [1.29, 1.82) is 0 Å². The number of aryl methyl sites for hydroxylation is 1. The van der Waals surface area contributed by atoms with Gasteiger partial charge in [0.2, 0.25) is 0 Å². The van der Waals surface area contributed by atoms with Gasteiger partial charge < -0.3 is 5.73 Å². The Kier molecular flexibility index (Phi) is 3.88. The molecule has 2 aromatic rings. The SMILES string of the molecule is Cn1cc(C(N)C(=O)Cc2ccc(Br)cn2)cn1. The van der Waals surface area contributed by atoms with Crippen molar-refractivity contribution in [2.45, 2.75) is 12.5 Å². The van der Waals surface area contributed by atoms with Gasteiger partial charge in [-0.3, -0.25) is 14.5 Å². The third-order valence-electron chi connectivity index (χ3n) is 2.57. The van der Waals surface area contributed by atoms with E-state index in [1.807, 2.05) is 6.07 Å². The second-order valence-electron chi connectivity index (χ2n) is 4.04. The van der Waals surface area contributed by atoms with Gasteiger partial charge in [0.05, 0.1) is 18.7 Å². The summed E-state index contributed by atoms with van der Waals surface area (Å²) in [5.74, 6) is -0.0715. The summed E-state index contributed by atoms with van der Waals surface area (Å²) >= 11 is 3.30. The summed E-state index contributed by atoms with van der Waals surface area (Å²) in [4.78, 5) is 16.1. The second-order valence-corrected chi connectivity index (χ2v) is 4.95. The molecule has 0 aromatic carbocycles. The van der Waals surface area contributed by atoms with E-state index in [0.717, 1.165) is 10.0 Å². The topological polar surface area (TPSA) is 73.8 Å². The summed E-state index contributed by atoms with van der Waals surface area (Å²) in [6.07, 6.45) is 5.25. The Bertz CT molecular complexity index is 549. The fourth-order valence-electron chi connectivity index (χ4n) is 1.59. The standard InChI is InChI=1S/C12H13BrN4O/c1-17-7-8(5-16-17)12(14)11(18)4-10-3-2-9(13)6-15-10/h2-3,5-7,12H,4,14H2,1H3. The van der Waals surface area contributed by atoms with Crippen molar-refractivity contribution in [3.8, 4) is 0 Å². The van der Waals surface area contributed by atoms with Crippen molar-refractivity contribution in [2.24, 2.45) is 12.8 Å². The number of aromatic nitrogens is 3. The summed E-state index contributed by atoms with van der Waals surface area (Å²) in [6, 6.07) is 3.01. The van der Waals surface area contributed by atoms with Crippen LogP contribution >= 0.6 is 15.9 Å². The number of carbonyl (C=O) groups is 1. The molecule has 2 aromatic heterocycles. The van der Waals surface area contributed by atoms with Gasteiger partial charge >= 0.3 is 0 Å². The highest BCUT2D eigenvalue weighted by Gasteiger charge is 2.17. The molecule has 18 heavy (non-hydrogen) atoms. The number of nitrogens with zero attached hydrogens (tertiary/aromatic N) is 3. The predicted octanol–water partition coefficient (Wildman–Crippen LogP) is 1.39. The average Bonchev–Trinajstić information content (AvgIpc) is 2.78. The molecule has 94 valence electrons. The number of hydrogen-bond acceptors (Lipinski definition) is 4. The lowest BCUT2D eigenvalue weighted by atomic mass is 10.0. The van der Waals surface area contributed by atoms with Crippen molar-refractivity contribution in [3.05, 3.63) is 46.5 Å². The summed E-state index contributed by atoms with van der Waals surface area (Å²) in [7, 11) is 1.79. The Morgan fingerprint density at radius 2 is 2.28 bits per heavy atom. The number of pyridine rings is 1. The largest absolute Gasteiger partial charge is 0.318 e. The molecule has 0 spiro atoms. The van der Waals surface area contributed by atoms with Crippen LogP contribution in [0.1, 0.15) is 17.3 Å². The van der Waals surface area contributed by atoms with Gasteiger partial charge in [-0.15, -0.1) is 0 Å². The highest BCUT2D eigenvalue weighted by molar-refractivity contribution is 9.10. The van der Waals surface area contributed by atoms with E-state index in [-0.39, 0.29) is 12.2 Å². The minimum absolute atomic E-state index is 0.0715. The number of carbonyl (C=O) groups excluding carboxylic acids is 1. The van der Waals surface area contributed by atoms with Crippen LogP contribution in [0.4, 0.5) is 0 Å². The zero-order valence-electron chi connectivity index (χ0n) is 9.88. The Morgan fingerprint density at radius 1 is 1.50 bits per heavy atom. The molecule has 0 aliphatic carbocycles. The predicted molar refractivity (Wildman–Crippen MR) is 70.8 cm³/mol. The molecule has 0 fully saturated rings. The first kappa shape index (κ1) is 12.9. The Morgan fingerprint density at radius 3 is 2.83 bits per heavy atom. The van der Waals surface area contributed by atoms with Crippen LogP contribution in [0.15, 0.2) is 35.2 Å². The molecule has 2 rings (SSSR count). The molecule has 6 heteroatoms. The van der Waals surface area contributed by atoms with Gasteiger partial charge in [0.15, 0.2) is 5.78 Å². The van der Waals surface area contributed by atoms with Crippen LogP contribution in [-0.2, 0) is 18.3 Å². The van der Waals surface area contributed by atoms with E-state index in [2.05, 4.69) is 26.0 Å². The maximum atomic E-state index is 12.0. The third kappa shape index (κ3) is 3.02. The highest BCUT2D eigenvalue weighted by atomic mass is 79.9. The molecule has 2 N–H and O–H groups in total. The first-order valence-electron chi connectivity index (χ1n) is 5.43. The molecular weight excluding hydrogens is 296 g/mol. The maximum absolute atomic E-state index is 12.0. The number of Topliss-reactive ketones (excluding diaryl/α,β-unsaturated/α-hetero) is 1. The first-order chi connectivity index (χ1) is 8.56. The lowest BCUT2D eigenvalue weighted by Gasteiger charge is -2.07. The lowest BCUT2D eigenvalue weighted by Crippen LogP contribution is -2.23. The van der Waals surface area contributed by atoms with Gasteiger partial charge in [0.25, 0.3) is 0 Å². The normalized spacial score (nSPS) is 12.4. The van der Waals surface area contributed by atoms with Gasteiger partial charge in [0.1, 0.15) is 0 Å².